The Bertz CT molecular complexity index is 1040. The molecular weight excluding hydrogens is 330 g/mol. The Morgan fingerprint density at radius 2 is 2.00 bits per heavy atom. The molecule has 134 valence electrons. The van der Waals surface area contributed by atoms with Crippen molar-refractivity contribution in [2.24, 2.45) is 0 Å². The molecule has 0 aliphatic heterocycles. The number of amides is 1. The van der Waals surface area contributed by atoms with Crippen molar-refractivity contribution in [1.82, 2.24) is 10.1 Å². The van der Waals surface area contributed by atoms with Crippen molar-refractivity contribution < 1.29 is 9.32 Å². The molecule has 0 saturated carbocycles. The van der Waals surface area contributed by atoms with Gasteiger partial charge in [-0.25, -0.2) is 0 Å². The van der Waals surface area contributed by atoms with Gasteiger partial charge in [-0.1, -0.05) is 11.2 Å². The summed E-state index contributed by atoms with van der Waals surface area (Å²) < 4.78 is 5.10. The van der Waals surface area contributed by atoms with Crippen molar-refractivity contribution >= 4 is 22.5 Å². The SMILES string of the molecule is Cc1noc(C)c1CC(=O)Nc1ccc2c3c(c(=O)[nH]c2c1)CCCC3. The number of rotatable bonds is 3. The van der Waals surface area contributed by atoms with Crippen LogP contribution >= 0.6 is 0 Å². The molecule has 0 unspecified atom stereocenters. The lowest BCUT2D eigenvalue weighted by Crippen LogP contribution is -2.19. The first-order chi connectivity index (χ1) is 12.5. The van der Waals surface area contributed by atoms with E-state index in [0.717, 1.165) is 59.0 Å². The summed E-state index contributed by atoms with van der Waals surface area (Å²) >= 11 is 0. The molecular formula is C20H21N3O3. The van der Waals surface area contributed by atoms with Gasteiger partial charge in [-0.05, 0) is 57.2 Å². The van der Waals surface area contributed by atoms with Crippen LogP contribution in [-0.4, -0.2) is 16.0 Å². The molecule has 1 aliphatic rings. The van der Waals surface area contributed by atoms with Crippen LogP contribution in [-0.2, 0) is 24.1 Å². The number of aryl methyl sites for hydroxylation is 3. The van der Waals surface area contributed by atoms with E-state index in [1.165, 1.54) is 0 Å². The molecule has 0 radical (unpaired) electrons. The van der Waals surface area contributed by atoms with Gasteiger partial charge in [0.1, 0.15) is 5.76 Å². The Labute approximate surface area is 150 Å². The molecule has 0 spiro atoms. The largest absolute Gasteiger partial charge is 0.361 e. The van der Waals surface area contributed by atoms with E-state index < -0.39 is 0 Å². The van der Waals surface area contributed by atoms with E-state index in [2.05, 4.69) is 15.5 Å². The topological polar surface area (TPSA) is 88.0 Å². The number of carbonyl (C=O) groups excluding carboxylic acids is 1. The number of aromatic amines is 1. The molecule has 1 amide bonds. The van der Waals surface area contributed by atoms with Crippen LogP contribution < -0.4 is 10.9 Å². The number of aromatic nitrogens is 2. The van der Waals surface area contributed by atoms with Gasteiger partial charge in [0.2, 0.25) is 5.91 Å². The predicted octanol–water partition coefficient (Wildman–Crippen LogP) is 3.19. The Morgan fingerprint density at radius 1 is 1.23 bits per heavy atom. The maximum atomic E-state index is 12.4. The lowest BCUT2D eigenvalue weighted by Gasteiger charge is -2.17. The van der Waals surface area contributed by atoms with E-state index >= 15 is 0 Å². The van der Waals surface area contributed by atoms with E-state index in [-0.39, 0.29) is 17.9 Å². The normalized spacial score (nSPS) is 13.6. The average molecular weight is 351 g/mol. The van der Waals surface area contributed by atoms with Crippen molar-refractivity contribution in [2.75, 3.05) is 5.32 Å². The number of H-pyrrole nitrogens is 1. The number of pyridine rings is 1. The minimum absolute atomic E-state index is 0.00797. The minimum atomic E-state index is -0.140. The summed E-state index contributed by atoms with van der Waals surface area (Å²) in [6.07, 6.45) is 4.17. The second-order valence-corrected chi connectivity index (χ2v) is 6.91. The number of carbonyl (C=O) groups is 1. The second-order valence-electron chi connectivity index (χ2n) is 6.91. The smallest absolute Gasteiger partial charge is 0.251 e. The van der Waals surface area contributed by atoms with Gasteiger partial charge in [0.05, 0.1) is 17.6 Å². The minimum Gasteiger partial charge on any atom is -0.361 e. The first kappa shape index (κ1) is 16.6. The van der Waals surface area contributed by atoms with Crippen LogP contribution in [0.25, 0.3) is 10.9 Å². The summed E-state index contributed by atoms with van der Waals surface area (Å²) in [5.41, 5.74) is 5.04. The van der Waals surface area contributed by atoms with Gasteiger partial charge in [-0.3, -0.25) is 9.59 Å². The van der Waals surface area contributed by atoms with E-state index in [9.17, 15) is 9.59 Å². The summed E-state index contributed by atoms with van der Waals surface area (Å²) in [5, 5.41) is 7.84. The van der Waals surface area contributed by atoms with Gasteiger partial charge in [0.25, 0.3) is 5.56 Å². The molecule has 0 saturated heterocycles. The van der Waals surface area contributed by atoms with E-state index in [0.29, 0.717) is 11.4 Å². The highest BCUT2D eigenvalue weighted by Gasteiger charge is 2.17. The van der Waals surface area contributed by atoms with Crippen LogP contribution in [0.1, 0.15) is 41.0 Å². The summed E-state index contributed by atoms with van der Waals surface area (Å²) in [6.45, 7) is 3.62. The van der Waals surface area contributed by atoms with Crippen LogP contribution in [0.4, 0.5) is 5.69 Å². The Hall–Kier alpha value is -2.89. The number of nitrogens with one attached hydrogen (secondary N) is 2. The highest BCUT2D eigenvalue weighted by molar-refractivity contribution is 5.95. The summed E-state index contributed by atoms with van der Waals surface area (Å²) in [5.74, 6) is 0.520. The summed E-state index contributed by atoms with van der Waals surface area (Å²) in [6, 6.07) is 5.71. The van der Waals surface area contributed by atoms with Crippen LogP contribution in [0.3, 0.4) is 0 Å². The zero-order valence-corrected chi connectivity index (χ0v) is 14.9. The zero-order valence-electron chi connectivity index (χ0n) is 14.9. The monoisotopic (exact) mass is 351 g/mol. The third-order valence-electron chi connectivity index (χ3n) is 5.14. The van der Waals surface area contributed by atoms with Crippen molar-refractivity contribution in [3.63, 3.8) is 0 Å². The highest BCUT2D eigenvalue weighted by Crippen LogP contribution is 2.27. The second kappa shape index (κ2) is 6.44. The van der Waals surface area contributed by atoms with Gasteiger partial charge >= 0.3 is 0 Å². The van der Waals surface area contributed by atoms with Crippen molar-refractivity contribution in [1.29, 1.82) is 0 Å². The standard InChI is InChI=1S/C20H21N3O3/c1-11-17(12(2)26-23-11)10-19(24)21-13-7-8-15-14-5-3-4-6-16(14)20(25)22-18(15)9-13/h7-9H,3-6,10H2,1-2H3,(H,21,24)(H,22,25). The summed E-state index contributed by atoms with van der Waals surface area (Å²) in [4.78, 5) is 27.7. The van der Waals surface area contributed by atoms with Gasteiger partial charge in [0, 0.05) is 22.2 Å². The van der Waals surface area contributed by atoms with Crippen molar-refractivity contribution in [3.05, 3.63) is 56.7 Å². The first-order valence-electron chi connectivity index (χ1n) is 8.92. The fourth-order valence-corrected chi connectivity index (χ4v) is 3.76. The van der Waals surface area contributed by atoms with Crippen molar-refractivity contribution in [2.45, 2.75) is 46.0 Å². The molecule has 3 aromatic rings. The molecule has 26 heavy (non-hydrogen) atoms. The number of hydrogen-bond acceptors (Lipinski definition) is 4. The maximum absolute atomic E-state index is 12.4. The summed E-state index contributed by atoms with van der Waals surface area (Å²) in [7, 11) is 0. The van der Waals surface area contributed by atoms with E-state index in [1.807, 2.05) is 25.1 Å². The quantitative estimate of drug-likeness (QED) is 0.758. The van der Waals surface area contributed by atoms with Gasteiger partial charge in [-0.2, -0.15) is 0 Å². The van der Waals surface area contributed by atoms with E-state index in [4.69, 9.17) is 4.52 Å². The fourth-order valence-electron chi connectivity index (χ4n) is 3.76. The van der Waals surface area contributed by atoms with Gasteiger partial charge in [-0.15, -0.1) is 0 Å². The Balaban J connectivity index is 1.62. The molecule has 6 heteroatoms. The van der Waals surface area contributed by atoms with Crippen LogP contribution in [0.2, 0.25) is 0 Å². The number of anilines is 1. The lowest BCUT2D eigenvalue weighted by molar-refractivity contribution is -0.115. The average Bonchev–Trinajstić information content (AvgIpc) is 2.94. The first-order valence-corrected chi connectivity index (χ1v) is 8.92. The molecule has 4 rings (SSSR count). The molecule has 1 aliphatic carbocycles. The maximum Gasteiger partial charge on any atom is 0.251 e. The Morgan fingerprint density at radius 3 is 2.73 bits per heavy atom. The number of fused-ring (bicyclic) bond motifs is 3. The highest BCUT2D eigenvalue weighted by atomic mass is 16.5. The third-order valence-corrected chi connectivity index (χ3v) is 5.14. The predicted molar refractivity (Wildman–Crippen MR) is 99.5 cm³/mol. The number of benzene rings is 1. The van der Waals surface area contributed by atoms with Crippen LogP contribution in [0.15, 0.2) is 27.5 Å². The van der Waals surface area contributed by atoms with Gasteiger partial charge in [0.15, 0.2) is 0 Å². The van der Waals surface area contributed by atoms with Crippen LogP contribution in [0.5, 0.6) is 0 Å². The van der Waals surface area contributed by atoms with E-state index in [1.54, 1.807) is 6.92 Å². The molecule has 0 fully saturated rings. The third kappa shape index (κ3) is 2.92. The molecule has 2 N–H and O–H groups in total. The van der Waals surface area contributed by atoms with Crippen LogP contribution in [0, 0.1) is 13.8 Å². The van der Waals surface area contributed by atoms with Gasteiger partial charge < -0.3 is 14.8 Å². The zero-order chi connectivity index (χ0) is 18.3. The molecule has 1 aromatic carbocycles. The number of nitrogens with zero attached hydrogens (tertiary/aromatic N) is 1. The number of hydrogen-bond donors (Lipinski definition) is 2. The molecule has 6 nitrogen and oxygen atoms in total. The fraction of sp³-hybridized carbons (Fsp3) is 0.350. The lowest BCUT2D eigenvalue weighted by atomic mass is 9.90. The molecule has 0 atom stereocenters. The Kier molecular flexibility index (Phi) is 4.11. The molecule has 2 heterocycles. The molecule has 2 aromatic heterocycles. The molecule has 0 bridgehead atoms. The van der Waals surface area contributed by atoms with Crippen molar-refractivity contribution in [3.8, 4) is 0 Å².